The van der Waals surface area contributed by atoms with Crippen molar-refractivity contribution >= 4 is 5.91 Å². The predicted octanol–water partition coefficient (Wildman–Crippen LogP) is 0.739. The van der Waals surface area contributed by atoms with E-state index in [9.17, 15) is 9.90 Å². The number of rotatable bonds is 4. The van der Waals surface area contributed by atoms with E-state index in [1.807, 2.05) is 32.8 Å². The number of carbonyl (C=O) groups excluding carboxylic acids is 1. The van der Waals surface area contributed by atoms with Crippen LogP contribution in [-0.2, 0) is 0 Å². The zero-order valence-electron chi connectivity index (χ0n) is 13.2. The fourth-order valence-corrected chi connectivity index (χ4v) is 2.68. The van der Waals surface area contributed by atoms with Crippen LogP contribution in [0.1, 0.15) is 42.4 Å². The molecule has 1 aromatic rings. The lowest BCUT2D eigenvalue weighted by Gasteiger charge is -2.26. The Balaban J connectivity index is 2.04. The molecule has 1 fully saturated rings. The van der Waals surface area contributed by atoms with Gasteiger partial charge in [-0.15, -0.1) is 0 Å². The van der Waals surface area contributed by atoms with Crippen molar-refractivity contribution in [3.8, 4) is 0 Å². The molecule has 1 unspecified atom stereocenters. The lowest BCUT2D eigenvalue weighted by molar-refractivity contribution is 0.0236. The van der Waals surface area contributed by atoms with Crippen molar-refractivity contribution in [2.24, 2.45) is 0 Å². The summed E-state index contributed by atoms with van der Waals surface area (Å²) in [6.45, 7) is 5.50. The number of amides is 1. The van der Waals surface area contributed by atoms with Crippen molar-refractivity contribution in [3.05, 3.63) is 23.8 Å². The normalized spacial score (nSPS) is 22.3. The highest BCUT2D eigenvalue weighted by Crippen LogP contribution is 2.23. The molecule has 1 N–H and O–H groups in total. The lowest BCUT2D eigenvalue weighted by atomic mass is 10.0. The van der Waals surface area contributed by atoms with E-state index in [0.717, 1.165) is 5.82 Å². The summed E-state index contributed by atoms with van der Waals surface area (Å²) in [4.78, 5) is 24.5. The summed E-state index contributed by atoms with van der Waals surface area (Å²) in [5.41, 5.74) is -0.341. The molecule has 6 heteroatoms. The van der Waals surface area contributed by atoms with Gasteiger partial charge in [-0.3, -0.25) is 4.79 Å². The van der Waals surface area contributed by atoms with Crippen molar-refractivity contribution < 1.29 is 9.90 Å². The Labute approximate surface area is 125 Å². The maximum Gasteiger partial charge on any atom is 0.257 e. The van der Waals surface area contributed by atoms with Gasteiger partial charge in [0.1, 0.15) is 5.82 Å². The summed E-state index contributed by atoms with van der Waals surface area (Å²) in [5, 5.41) is 10.5. The zero-order chi connectivity index (χ0) is 15.6. The second kappa shape index (κ2) is 6.07. The van der Waals surface area contributed by atoms with Crippen LogP contribution < -0.4 is 0 Å². The molecule has 116 valence electrons. The quantitative estimate of drug-likeness (QED) is 0.886. The van der Waals surface area contributed by atoms with Gasteiger partial charge < -0.3 is 14.9 Å². The van der Waals surface area contributed by atoms with Crippen molar-refractivity contribution in [1.82, 2.24) is 19.8 Å². The Morgan fingerprint density at radius 1 is 1.43 bits per heavy atom. The highest BCUT2D eigenvalue weighted by atomic mass is 16.3. The molecule has 1 aromatic heterocycles. The highest BCUT2D eigenvalue weighted by molar-refractivity contribution is 5.93. The number of aromatic nitrogens is 2. The van der Waals surface area contributed by atoms with E-state index >= 15 is 0 Å². The van der Waals surface area contributed by atoms with Gasteiger partial charge in [0, 0.05) is 31.4 Å². The first-order valence-corrected chi connectivity index (χ1v) is 7.29. The Morgan fingerprint density at radius 3 is 2.57 bits per heavy atom. The molecule has 0 aromatic carbocycles. The maximum atomic E-state index is 12.4. The fourth-order valence-electron chi connectivity index (χ4n) is 2.68. The van der Waals surface area contributed by atoms with Crippen LogP contribution in [-0.4, -0.2) is 70.1 Å². The smallest absolute Gasteiger partial charge is 0.257 e. The van der Waals surface area contributed by atoms with Crippen molar-refractivity contribution in [2.75, 3.05) is 33.7 Å². The number of hydrogen-bond acceptors (Lipinski definition) is 5. The molecule has 1 saturated heterocycles. The minimum Gasteiger partial charge on any atom is -0.387 e. The van der Waals surface area contributed by atoms with Gasteiger partial charge in [-0.2, -0.15) is 0 Å². The number of β-amino-alcohol motifs (C(OH)–C–C–N with tert-alkyl or cyclic N) is 1. The molecule has 2 rings (SSSR count). The topological polar surface area (TPSA) is 69.6 Å². The van der Waals surface area contributed by atoms with Crippen LogP contribution >= 0.6 is 0 Å². The number of likely N-dealkylation sites (N-methyl/N-ethyl adjacent to an activating group) is 1. The summed E-state index contributed by atoms with van der Waals surface area (Å²) < 4.78 is 0. The van der Waals surface area contributed by atoms with Crippen LogP contribution in [0.2, 0.25) is 0 Å². The Morgan fingerprint density at radius 2 is 2.05 bits per heavy atom. The molecule has 21 heavy (non-hydrogen) atoms. The Bertz CT molecular complexity index is 501. The van der Waals surface area contributed by atoms with Crippen molar-refractivity contribution in [3.63, 3.8) is 0 Å². The van der Waals surface area contributed by atoms with Gasteiger partial charge in [0.2, 0.25) is 0 Å². The SMILES string of the molecule is CC(C)c1ncc(C(=O)N2CCC(O)(CN(C)C)C2)cn1. The van der Waals surface area contributed by atoms with E-state index in [-0.39, 0.29) is 11.8 Å². The lowest BCUT2D eigenvalue weighted by Crippen LogP contribution is -2.43. The van der Waals surface area contributed by atoms with Crippen LogP contribution in [0, 0.1) is 0 Å². The summed E-state index contributed by atoms with van der Waals surface area (Å²) in [7, 11) is 3.84. The molecule has 0 spiro atoms. The monoisotopic (exact) mass is 292 g/mol. The van der Waals surface area contributed by atoms with Gasteiger partial charge in [-0.05, 0) is 20.5 Å². The van der Waals surface area contributed by atoms with E-state index in [1.54, 1.807) is 17.3 Å². The molecule has 1 atom stereocenters. The van der Waals surface area contributed by atoms with Gasteiger partial charge in [0.15, 0.2) is 0 Å². The average molecular weight is 292 g/mol. The van der Waals surface area contributed by atoms with E-state index in [4.69, 9.17) is 0 Å². The molecule has 6 nitrogen and oxygen atoms in total. The first-order valence-electron chi connectivity index (χ1n) is 7.29. The minimum absolute atomic E-state index is 0.111. The van der Waals surface area contributed by atoms with Crippen LogP contribution in [0.5, 0.6) is 0 Å². The number of hydrogen-bond donors (Lipinski definition) is 1. The summed E-state index contributed by atoms with van der Waals surface area (Å²) in [6.07, 6.45) is 3.75. The van der Waals surface area contributed by atoms with E-state index in [2.05, 4.69) is 9.97 Å². The van der Waals surface area contributed by atoms with Gasteiger partial charge in [-0.1, -0.05) is 13.8 Å². The zero-order valence-corrected chi connectivity index (χ0v) is 13.2. The number of aliphatic hydroxyl groups is 1. The molecule has 1 aliphatic heterocycles. The van der Waals surface area contributed by atoms with Gasteiger partial charge in [0.25, 0.3) is 5.91 Å². The first-order chi connectivity index (χ1) is 9.81. The molecular formula is C15H24N4O2. The minimum atomic E-state index is -0.822. The van der Waals surface area contributed by atoms with Gasteiger partial charge in [-0.25, -0.2) is 9.97 Å². The van der Waals surface area contributed by atoms with E-state index in [1.165, 1.54) is 0 Å². The highest BCUT2D eigenvalue weighted by Gasteiger charge is 2.38. The molecule has 0 saturated carbocycles. The van der Waals surface area contributed by atoms with Crippen LogP contribution in [0.25, 0.3) is 0 Å². The molecule has 1 aliphatic rings. The molecular weight excluding hydrogens is 268 g/mol. The predicted molar refractivity (Wildman–Crippen MR) is 80.1 cm³/mol. The third kappa shape index (κ3) is 3.77. The molecule has 0 radical (unpaired) electrons. The Hall–Kier alpha value is -1.53. The largest absolute Gasteiger partial charge is 0.387 e. The summed E-state index contributed by atoms with van der Waals surface area (Å²) in [5.74, 6) is 0.864. The first kappa shape index (κ1) is 15.9. The van der Waals surface area contributed by atoms with Crippen LogP contribution in [0.3, 0.4) is 0 Å². The number of nitrogens with zero attached hydrogens (tertiary/aromatic N) is 4. The fraction of sp³-hybridized carbons (Fsp3) is 0.667. The third-order valence-electron chi connectivity index (χ3n) is 3.67. The molecule has 2 heterocycles. The average Bonchev–Trinajstić information content (AvgIpc) is 2.79. The summed E-state index contributed by atoms with van der Waals surface area (Å²) in [6, 6.07) is 0. The van der Waals surface area contributed by atoms with E-state index in [0.29, 0.717) is 31.6 Å². The van der Waals surface area contributed by atoms with Crippen molar-refractivity contribution in [2.45, 2.75) is 31.8 Å². The second-order valence-corrected chi connectivity index (χ2v) is 6.42. The van der Waals surface area contributed by atoms with Crippen LogP contribution in [0.15, 0.2) is 12.4 Å². The number of likely N-dealkylation sites (tertiary alicyclic amines) is 1. The molecule has 0 aliphatic carbocycles. The van der Waals surface area contributed by atoms with Gasteiger partial charge >= 0.3 is 0 Å². The maximum absolute atomic E-state index is 12.4. The molecule has 1 amide bonds. The summed E-state index contributed by atoms with van der Waals surface area (Å²) >= 11 is 0. The number of carbonyl (C=O) groups is 1. The standard InChI is InChI=1S/C15H24N4O2/c1-11(2)13-16-7-12(8-17-13)14(20)19-6-5-15(21,10-19)9-18(3)4/h7-8,11,21H,5-6,9-10H2,1-4H3. The van der Waals surface area contributed by atoms with E-state index < -0.39 is 5.60 Å². The van der Waals surface area contributed by atoms with Crippen molar-refractivity contribution in [1.29, 1.82) is 0 Å². The van der Waals surface area contributed by atoms with Crippen LogP contribution in [0.4, 0.5) is 0 Å². The van der Waals surface area contributed by atoms with Gasteiger partial charge in [0.05, 0.1) is 17.7 Å². The second-order valence-electron chi connectivity index (χ2n) is 6.42. The Kier molecular flexibility index (Phi) is 4.58. The third-order valence-corrected chi connectivity index (χ3v) is 3.67. The molecule has 0 bridgehead atoms.